The fourth-order valence-corrected chi connectivity index (χ4v) is 0.638. The molecule has 10 heavy (non-hydrogen) atoms. The van der Waals surface area contributed by atoms with Crippen molar-refractivity contribution < 1.29 is 4.74 Å². The Labute approximate surface area is 63.5 Å². The van der Waals surface area contributed by atoms with Crippen LogP contribution in [0.3, 0.4) is 0 Å². The first-order valence-corrected chi connectivity index (χ1v) is 3.50. The predicted molar refractivity (Wildman–Crippen MR) is 43.9 cm³/mol. The van der Waals surface area contributed by atoms with Crippen LogP contribution < -0.4 is 0 Å². The fraction of sp³-hybridized carbons (Fsp3) is 0.750. The molecule has 0 N–H and O–H groups in total. The number of hydrogen-bond acceptors (Lipinski definition) is 2. The molecule has 0 fully saturated rings. The Bertz CT molecular complexity index is 99.4. The Morgan fingerprint density at radius 1 is 1.50 bits per heavy atom. The van der Waals surface area contributed by atoms with Crippen molar-refractivity contribution in [1.82, 2.24) is 4.90 Å². The van der Waals surface area contributed by atoms with Gasteiger partial charge in [-0.05, 0) is 12.1 Å². The molecular formula is C8H17NO. The van der Waals surface area contributed by atoms with Crippen molar-refractivity contribution in [3.8, 4) is 0 Å². The first kappa shape index (κ1) is 9.50. The summed E-state index contributed by atoms with van der Waals surface area (Å²) in [6.45, 7) is 2.92. The van der Waals surface area contributed by atoms with E-state index in [9.17, 15) is 0 Å². The van der Waals surface area contributed by atoms with Gasteiger partial charge in [0.25, 0.3) is 0 Å². The van der Waals surface area contributed by atoms with E-state index >= 15 is 0 Å². The third-order valence-corrected chi connectivity index (χ3v) is 1.14. The van der Waals surface area contributed by atoms with Gasteiger partial charge in [-0.25, -0.2) is 0 Å². The van der Waals surface area contributed by atoms with E-state index in [-0.39, 0.29) is 0 Å². The summed E-state index contributed by atoms with van der Waals surface area (Å²) in [5.74, 6) is 0.507. The Morgan fingerprint density at radius 3 is 2.50 bits per heavy atom. The topological polar surface area (TPSA) is 12.5 Å². The van der Waals surface area contributed by atoms with Gasteiger partial charge in [0.05, 0.1) is 6.61 Å². The van der Waals surface area contributed by atoms with Gasteiger partial charge in [-0.1, -0.05) is 13.0 Å². The SMILES string of the molecule is COCC(C)/C=C/N(C)C. The highest BCUT2D eigenvalue weighted by Crippen LogP contribution is 1.96. The molecule has 0 saturated carbocycles. The van der Waals surface area contributed by atoms with E-state index in [1.54, 1.807) is 7.11 Å². The largest absolute Gasteiger partial charge is 0.384 e. The van der Waals surface area contributed by atoms with Gasteiger partial charge in [0.15, 0.2) is 0 Å². The fourth-order valence-electron chi connectivity index (χ4n) is 0.638. The second-order valence-corrected chi connectivity index (χ2v) is 2.74. The lowest BCUT2D eigenvalue weighted by atomic mass is 10.2. The van der Waals surface area contributed by atoms with Gasteiger partial charge >= 0.3 is 0 Å². The predicted octanol–water partition coefficient (Wildman–Crippen LogP) is 1.34. The van der Waals surface area contributed by atoms with Crippen molar-refractivity contribution in [3.05, 3.63) is 12.3 Å². The van der Waals surface area contributed by atoms with E-state index in [1.807, 2.05) is 25.2 Å². The molecular weight excluding hydrogens is 126 g/mol. The van der Waals surface area contributed by atoms with Gasteiger partial charge in [0, 0.05) is 21.2 Å². The first-order valence-electron chi connectivity index (χ1n) is 3.50. The number of rotatable bonds is 4. The van der Waals surface area contributed by atoms with Crippen LogP contribution in [0.1, 0.15) is 6.92 Å². The lowest BCUT2D eigenvalue weighted by Gasteiger charge is -2.07. The molecule has 0 saturated heterocycles. The molecule has 0 aliphatic carbocycles. The molecule has 0 amide bonds. The summed E-state index contributed by atoms with van der Waals surface area (Å²) in [5.41, 5.74) is 0. The highest BCUT2D eigenvalue weighted by molar-refractivity contribution is 4.83. The zero-order valence-electron chi connectivity index (χ0n) is 7.29. The molecule has 0 spiro atoms. The van der Waals surface area contributed by atoms with Crippen LogP contribution in [-0.2, 0) is 4.74 Å². The minimum absolute atomic E-state index is 0.507. The minimum Gasteiger partial charge on any atom is -0.384 e. The van der Waals surface area contributed by atoms with Crippen LogP contribution >= 0.6 is 0 Å². The van der Waals surface area contributed by atoms with Crippen LogP contribution in [0.15, 0.2) is 12.3 Å². The van der Waals surface area contributed by atoms with Crippen LogP contribution in [0, 0.1) is 5.92 Å². The quantitative estimate of drug-likeness (QED) is 0.589. The van der Waals surface area contributed by atoms with E-state index in [0.29, 0.717) is 5.92 Å². The molecule has 0 heterocycles. The number of hydrogen-bond donors (Lipinski definition) is 0. The van der Waals surface area contributed by atoms with Gasteiger partial charge in [0.2, 0.25) is 0 Å². The normalized spacial score (nSPS) is 14.0. The Morgan fingerprint density at radius 2 is 2.10 bits per heavy atom. The van der Waals surface area contributed by atoms with E-state index < -0.39 is 0 Å². The highest BCUT2D eigenvalue weighted by Gasteiger charge is 1.92. The summed E-state index contributed by atoms with van der Waals surface area (Å²) in [6.07, 6.45) is 4.17. The monoisotopic (exact) mass is 143 g/mol. The van der Waals surface area contributed by atoms with E-state index in [0.717, 1.165) is 6.61 Å². The molecule has 0 aliphatic rings. The van der Waals surface area contributed by atoms with Crippen LogP contribution in [0.5, 0.6) is 0 Å². The standard InChI is InChI=1S/C8H17NO/c1-8(7-10-4)5-6-9(2)3/h5-6,8H,7H2,1-4H3/b6-5+. The Hall–Kier alpha value is -0.500. The maximum absolute atomic E-state index is 4.97. The first-order chi connectivity index (χ1) is 4.66. The third kappa shape index (κ3) is 5.63. The third-order valence-electron chi connectivity index (χ3n) is 1.14. The number of ether oxygens (including phenoxy) is 1. The van der Waals surface area contributed by atoms with Crippen LogP contribution in [0.4, 0.5) is 0 Å². The summed E-state index contributed by atoms with van der Waals surface area (Å²) in [7, 11) is 5.74. The molecule has 0 radical (unpaired) electrons. The van der Waals surface area contributed by atoms with Crippen molar-refractivity contribution in [3.63, 3.8) is 0 Å². The van der Waals surface area contributed by atoms with E-state index in [4.69, 9.17) is 4.74 Å². The molecule has 0 aromatic rings. The van der Waals surface area contributed by atoms with E-state index in [2.05, 4.69) is 13.0 Å². The lowest BCUT2D eigenvalue weighted by Crippen LogP contribution is -2.04. The summed E-state index contributed by atoms with van der Waals surface area (Å²) in [6, 6.07) is 0. The van der Waals surface area contributed by atoms with Crippen LogP contribution in [0.2, 0.25) is 0 Å². The van der Waals surface area contributed by atoms with Crippen molar-refractivity contribution >= 4 is 0 Å². The minimum atomic E-state index is 0.507. The molecule has 0 rings (SSSR count). The summed E-state index contributed by atoms with van der Waals surface area (Å²) >= 11 is 0. The van der Waals surface area contributed by atoms with Gasteiger partial charge in [-0.15, -0.1) is 0 Å². The average molecular weight is 143 g/mol. The summed E-state index contributed by atoms with van der Waals surface area (Å²) in [5, 5.41) is 0. The second kappa shape index (κ2) is 5.30. The number of methoxy groups -OCH3 is 1. The van der Waals surface area contributed by atoms with Crippen molar-refractivity contribution in [2.24, 2.45) is 5.92 Å². The maximum atomic E-state index is 4.97. The molecule has 2 heteroatoms. The van der Waals surface area contributed by atoms with Crippen molar-refractivity contribution in [2.75, 3.05) is 27.8 Å². The Balaban J connectivity index is 3.45. The van der Waals surface area contributed by atoms with Crippen LogP contribution in [0.25, 0.3) is 0 Å². The molecule has 0 aromatic carbocycles. The molecule has 60 valence electrons. The lowest BCUT2D eigenvalue weighted by molar-refractivity contribution is 0.175. The van der Waals surface area contributed by atoms with Crippen molar-refractivity contribution in [1.29, 1.82) is 0 Å². The van der Waals surface area contributed by atoms with Gasteiger partial charge < -0.3 is 9.64 Å². The van der Waals surface area contributed by atoms with E-state index in [1.165, 1.54) is 0 Å². The zero-order chi connectivity index (χ0) is 7.98. The number of nitrogens with zero attached hydrogens (tertiary/aromatic N) is 1. The smallest absolute Gasteiger partial charge is 0.0523 e. The summed E-state index contributed by atoms with van der Waals surface area (Å²) < 4.78 is 4.97. The zero-order valence-corrected chi connectivity index (χ0v) is 7.29. The van der Waals surface area contributed by atoms with Crippen LogP contribution in [-0.4, -0.2) is 32.7 Å². The Kier molecular flexibility index (Phi) is 5.03. The van der Waals surface area contributed by atoms with Gasteiger partial charge in [-0.3, -0.25) is 0 Å². The van der Waals surface area contributed by atoms with Gasteiger partial charge in [-0.2, -0.15) is 0 Å². The molecule has 0 aromatic heterocycles. The molecule has 1 unspecified atom stereocenters. The maximum Gasteiger partial charge on any atom is 0.0523 e. The molecule has 1 atom stereocenters. The average Bonchev–Trinajstić information content (AvgIpc) is 1.85. The highest BCUT2D eigenvalue weighted by atomic mass is 16.5. The molecule has 2 nitrogen and oxygen atoms in total. The van der Waals surface area contributed by atoms with Gasteiger partial charge in [0.1, 0.15) is 0 Å². The summed E-state index contributed by atoms with van der Waals surface area (Å²) in [4.78, 5) is 2.02. The molecule has 0 bridgehead atoms. The van der Waals surface area contributed by atoms with Crippen molar-refractivity contribution in [2.45, 2.75) is 6.92 Å². The molecule has 0 aliphatic heterocycles. The second-order valence-electron chi connectivity index (χ2n) is 2.74.